The summed E-state index contributed by atoms with van der Waals surface area (Å²) in [5.74, 6) is -1.76. The second kappa shape index (κ2) is 6.08. The van der Waals surface area contributed by atoms with Gasteiger partial charge in [0.15, 0.2) is 5.41 Å². The first kappa shape index (κ1) is 16.5. The van der Waals surface area contributed by atoms with Gasteiger partial charge >= 0.3 is 11.9 Å². The van der Waals surface area contributed by atoms with E-state index in [4.69, 9.17) is 9.47 Å². The summed E-state index contributed by atoms with van der Waals surface area (Å²) in [5.41, 5.74) is 0.133. The molecule has 0 heterocycles. The molecule has 2 rings (SSSR count). The van der Waals surface area contributed by atoms with Crippen molar-refractivity contribution in [3.63, 3.8) is 0 Å². The molecule has 0 fully saturated rings. The molecular weight excluding hydrogens is 284 g/mol. The molecule has 5 nitrogen and oxygen atoms in total. The highest BCUT2D eigenvalue weighted by Crippen LogP contribution is 2.52. The van der Waals surface area contributed by atoms with E-state index in [1.54, 1.807) is 12.2 Å². The molecule has 0 saturated carbocycles. The Kier molecular flexibility index (Phi) is 4.56. The molecule has 0 aliphatic heterocycles. The maximum Gasteiger partial charge on any atom is 0.327 e. The van der Waals surface area contributed by atoms with Gasteiger partial charge in [-0.3, -0.25) is 9.59 Å². The molecular formula is C17H22O5. The van der Waals surface area contributed by atoms with Crippen LogP contribution in [0.15, 0.2) is 36.0 Å². The van der Waals surface area contributed by atoms with Crippen molar-refractivity contribution >= 4 is 11.9 Å². The third-order valence-electron chi connectivity index (χ3n) is 4.61. The van der Waals surface area contributed by atoms with E-state index >= 15 is 0 Å². The Hall–Kier alpha value is -1.88. The summed E-state index contributed by atoms with van der Waals surface area (Å²) in [4.78, 5) is 24.9. The van der Waals surface area contributed by atoms with Gasteiger partial charge in [-0.25, -0.2) is 0 Å². The fourth-order valence-electron chi connectivity index (χ4n) is 3.54. The minimum absolute atomic E-state index is 0.159. The zero-order valence-electron chi connectivity index (χ0n) is 13.2. The molecule has 0 bridgehead atoms. The minimum atomic E-state index is -1.48. The summed E-state index contributed by atoms with van der Waals surface area (Å²) in [6.07, 6.45) is 5.62. The maximum absolute atomic E-state index is 12.5. The van der Waals surface area contributed by atoms with E-state index in [1.165, 1.54) is 14.2 Å². The number of aliphatic hydroxyl groups excluding tert-OH is 1. The lowest BCUT2D eigenvalue weighted by Crippen LogP contribution is -2.45. The lowest BCUT2D eigenvalue weighted by atomic mass is 9.72. The zero-order chi connectivity index (χ0) is 16.5. The number of carbonyl (C=O) groups excluding carboxylic acids is 2. The summed E-state index contributed by atoms with van der Waals surface area (Å²) >= 11 is 0. The Bertz CT molecular complexity index is 541. The molecule has 0 radical (unpaired) electrons. The molecule has 0 spiro atoms. The summed E-state index contributed by atoms with van der Waals surface area (Å²) in [6.45, 7) is 5.78. The molecule has 120 valence electrons. The smallest absolute Gasteiger partial charge is 0.327 e. The third kappa shape index (κ3) is 2.39. The normalized spacial score (nSPS) is 29.1. The molecule has 0 aromatic rings. The monoisotopic (exact) mass is 306 g/mol. The first-order valence-corrected chi connectivity index (χ1v) is 7.30. The summed E-state index contributed by atoms with van der Waals surface area (Å²) < 4.78 is 9.81. The van der Waals surface area contributed by atoms with Gasteiger partial charge in [0.2, 0.25) is 0 Å². The number of hydrogen-bond donors (Lipinski definition) is 1. The number of carbonyl (C=O) groups is 2. The van der Waals surface area contributed by atoms with E-state index in [9.17, 15) is 14.7 Å². The van der Waals surface area contributed by atoms with Crippen molar-refractivity contribution in [1.29, 1.82) is 0 Å². The van der Waals surface area contributed by atoms with Crippen molar-refractivity contribution in [2.45, 2.75) is 25.9 Å². The van der Waals surface area contributed by atoms with E-state index in [1.807, 2.05) is 13.0 Å². The average molecular weight is 306 g/mol. The largest absolute Gasteiger partial charge is 0.468 e. The molecule has 1 N–H and O–H groups in total. The van der Waals surface area contributed by atoms with Gasteiger partial charge in [0, 0.05) is 5.92 Å². The molecule has 0 aromatic carbocycles. The molecule has 0 saturated heterocycles. The Balaban J connectivity index is 2.62. The number of rotatable bonds is 3. The standard InChI is InChI=1S/C17H22O5/c1-10(2)13-9-17(15(19)21-3,16(20)22-4)14-8-6-11(18)5-7-12(13)14/h5,7,9,11-12,14,18H,1,6,8H2,2-4H3/t11-,12+,14-/m1/s1. The molecule has 3 atom stereocenters. The fourth-order valence-corrected chi connectivity index (χ4v) is 3.54. The molecule has 0 amide bonds. The Labute approximate surface area is 130 Å². The maximum atomic E-state index is 12.5. The fraction of sp³-hybridized carbons (Fsp3) is 0.529. The molecule has 0 aromatic heterocycles. The van der Waals surface area contributed by atoms with Crippen LogP contribution >= 0.6 is 0 Å². The van der Waals surface area contributed by atoms with Gasteiger partial charge in [-0.05, 0) is 31.3 Å². The van der Waals surface area contributed by atoms with Gasteiger partial charge in [0.05, 0.1) is 20.3 Å². The molecule has 5 heteroatoms. The van der Waals surface area contributed by atoms with Gasteiger partial charge in [-0.15, -0.1) is 0 Å². The van der Waals surface area contributed by atoms with Crippen LogP contribution < -0.4 is 0 Å². The molecule has 2 aliphatic carbocycles. The quantitative estimate of drug-likeness (QED) is 0.489. The van der Waals surface area contributed by atoms with Gasteiger partial charge < -0.3 is 14.6 Å². The summed E-state index contributed by atoms with van der Waals surface area (Å²) in [5, 5.41) is 9.87. The highest BCUT2D eigenvalue weighted by Gasteiger charge is 2.59. The number of hydrogen-bond acceptors (Lipinski definition) is 5. The van der Waals surface area contributed by atoms with Crippen molar-refractivity contribution in [3.8, 4) is 0 Å². The topological polar surface area (TPSA) is 72.8 Å². The molecule has 2 aliphatic rings. The Morgan fingerprint density at radius 2 is 1.82 bits per heavy atom. The van der Waals surface area contributed by atoms with Crippen LogP contribution in [-0.2, 0) is 19.1 Å². The first-order chi connectivity index (χ1) is 10.4. The van der Waals surface area contributed by atoms with Crippen LogP contribution in [0.4, 0.5) is 0 Å². The number of aliphatic hydroxyl groups is 1. The predicted octanol–water partition coefficient (Wildman–Crippen LogP) is 1.78. The van der Waals surface area contributed by atoms with Crippen LogP contribution in [0.1, 0.15) is 19.8 Å². The second-order valence-corrected chi connectivity index (χ2v) is 5.89. The van der Waals surface area contributed by atoms with Crippen LogP contribution in [-0.4, -0.2) is 37.4 Å². The van der Waals surface area contributed by atoms with Crippen LogP contribution in [0.25, 0.3) is 0 Å². The van der Waals surface area contributed by atoms with Crippen molar-refractivity contribution in [3.05, 3.63) is 36.0 Å². The Morgan fingerprint density at radius 3 is 2.32 bits per heavy atom. The average Bonchev–Trinajstić information content (AvgIpc) is 2.72. The van der Waals surface area contributed by atoms with E-state index in [-0.39, 0.29) is 11.8 Å². The van der Waals surface area contributed by atoms with Gasteiger partial charge in [0.1, 0.15) is 0 Å². The molecule has 22 heavy (non-hydrogen) atoms. The van der Waals surface area contributed by atoms with Gasteiger partial charge in [-0.2, -0.15) is 0 Å². The summed E-state index contributed by atoms with van der Waals surface area (Å²) in [7, 11) is 2.52. The number of fused-ring (bicyclic) bond motifs is 1. The van der Waals surface area contributed by atoms with E-state index < -0.39 is 23.5 Å². The Morgan fingerprint density at radius 1 is 1.23 bits per heavy atom. The minimum Gasteiger partial charge on any atom is -0.468 e. The number of allylic oxidation sites excluding steroid dienone is 3. The number of esters is 2. The first-order valence-electron chi connectivity index (χ1n) is 7.30. The van der Waals surface area contributed by atoms with Crippen LogP contribution in [0.2, 0.25) is 0 Å². The van der Waals surface area contributed by atoms with E-state index in [0.717, 1.165) is 11.1 Å². The van der Waals surface area contributed by atoms with Crippen LogP contribution in [0.3, 0.4) is 0 Å². The lowest BCUT2D eigenvalue weighted by Gasteiger charge is -2.31. The van der Waals surface area contributed by atoms with Gasteiger partial charge in [-0.1, -0.05) is 30.4 Å². The number of methoxy groups -OCH3 is 2. The van der Waals surface area contributed by atoms with Gasteiger partial charge in [0.25, 0.3) is 0 Å². The van der Waals surface area contributed by atoms with E-state index in [0.29, 0.717) is 12.8 Å². The van der Waals surface area contributed by atoms with Crippen molar-refractivity contribution in [2.75, 3.05) is 14.2 Å². The number of ether oxygens (including phenoxy) is 2. The van der Waals surface area contributed by atoms with Crippen molar-refractivity contribution in [2.24, 2.45) is 17.3 Å². The molecule has 0 unspecified atom stereocenters. The SMILES string of the molecule is C=C(C)C1=CC(C(=O)OC)(C(=O)OC)[C@@H]2CC[C@H](O)C=C[C@@H]12. The van der Waals surface area contributed by atoms with E-state index in [2.05, 4.69) is 6.58 Å². The third-order valence-corrected chi connectivity index (χ3v) is 4.61. The van der Waals surface area contributed by atoms with Crippen LogP contribution in [0.5, 0.6) is 0 Å². The second-order valence-electron chi connectivity index (χ2n) is 5.89. The lowest BCUT2D eigenvalue weighted by molar-refractivity contribution is -0.169. The predicted molar refractivity (Wildman–Crippen MR) is 80.7 cm³/mol. The summed E-state index contributed by atoms with van der Waals surface area (Å²) in [6, 6.07) is 0. The van der Waals surface area contributed by atoms with Crippen molar-refractivity contribution in [1.82, 2.24) is 0 Å². The highest BCUT2D eigenvalue weighted by atomic mass is 16.5. The van der Waals surface area contributed by atoms with Crippen molar-refractivity contribution < 1.29 is 24.2 Å². The van der Waals surface area contributed by atoms with Crippen LogP contribution in [0, 0.1) is 17.3 Å². The highest BCUT2D eigenvalue weighted by molar-refractivity contribution is 6.04. The zero-order valence-corrected chi connectivity index (χ0v) is 13.2.